The van der Waals surface area contributed by atoms with Gasteiger partial charge in [0.15, 0.2) is 0 Å². The second-order valence-corrected chi connectivity index (χ2v) is 8.45. The van der Waals surface area contributed by atoms with Crippen LogP contribution in [0.15, 0.2) is 103 Å². The molecule has 0 saturated carbocycles. The second-order valence-electron chi connectivity index (χ2n) is 8.45. The molecule has 1 aliphatic heterocycles. The molecule has 35 heavy (non-hydrogen) atoms. The lowest BCUT2D eigenvalue weighted by Crippen LogP contribution is -2.42. The van der Waals surface area contributed by atoms with Crippen LogP contribution in [0.4, 0.5) is 14.5 Å². The number of rotatable bonds is 4. The zero-order chi connectivity index (χ0) is 24.4. The highest BCUT2D eigenvalue weighted by molar-refractivity contribution is 5.98. The van der Waals surface area contributed by atoms with Gasteiger partial charge in [-0.3, -0.25) is 9.59 Å². The number of hydrogen-bond donors (Lipinski definition) is 1. The fourth-order valence-corrected chi connectivity index (χ4v) is 4.62. The first-order valence-corrected chi connectivity index (χ1v) is 11.3. The van der Waals surface area contributed by atoms with Crippen molar-refractivity contribution in [3.05, 3.63) is 137 Å². The molecule has 0 saturated heterocycles. The average Bonchev–Trinajstić information content (AvgIpc) is 3.02. The number of fused-ring (bicyclic) bond motifs is 1. The Labute approximate surface area is 201 Å². The molecule has 174 valence electrons. The summed E-state index contributed by atoms with van der Waals surface area (Å²) in [6.45, 7) is -0.243. The highest BCUT2D eigenvalue weighted by Gasteiger charge is 2.37. The summed E-state index contributed by atoms with van der Waals surface area (Å²) in [6, 6.07) is 27.6. The lowest BCUT2D eigenvalue weighted by Gasteiger charge is -2.33. The van der Waals surface area contributed by atoms with Gasteiger partial charge in [0, 0.05) is 11.3 Å². The zero-order valence-corrected chi connectivity index (χ0v) is 18.7. The smallest absolute Gasteiger partial charge is 0.244 e. The molecule has 5 rings (SSSR count). The number of anilines is 1. The maximum absolute atomic E-state index is 14.4. The van der Waals surface area contributed by atoms with Crippen LogP contribution in [0.25, 0.3) is 0 Å². The summed E-state index contributed by atoms with van der Waals surface area (Å²) in [5.41, 5.74) is 2.95. The summed E-state index contributed by atoms with van der Waals surface area (Å²) < 4.78 is 28.2. The maximum atomic E-state index is 14.4. The summed E-state index contributed by atoms with van der Waals surface area (Å²) in [5.74, 6) is -2.33. The molecule has 1 aliphatic rings. The van der Waals surface area contributed by atoms with Gasteiger partial charge in [0.25, 0.3) is 0 Å². The summed E-state index contributed by atoms with van der Waals surface area (Å²) in [4.78, 5) is 28.7. The maximum Gasteiger partial charge on any atom is 0.244 e. The number of hydrogen-bond acceptors (Lipinski definition) is 2. The van der Waals surface area contributed by atoms with E-state index in [1.165, 1.54) is 35.2 Å². The Morgan fingerprint density at radius 3 is 1.97 bits per heavy atom. The second kappa shape index (κ2) is 9.50. The van der Waals surface area contributed by atoms with E-state index in [4.69, 9.17) is 0 Å². The quantitative estimate of drug-likeness (QED) is 0.420. The molecule has 6 heteroatoms. The van der Waals surface area contributed by atoms with Crippen LogP contribution in [0.5, 0.6) is 0 Å². The molecule has 0 aliphatic carbocycles. The Balaban J connectivity index is 1.69. The minimum absolute atomic E-state index is 0.243. The predicted molar refractivity (Wildman–Crippen MR) is 130 cm³/mol. The van der Waals surface area contributed by atoms with Crippen LogP contribution in [0, 0.1) is 11.6 Å². The Morgan fingerprint density at radius 2 is 1.37 bits per heavy atom. The first kappa shape index (κ1) is 22.5. The van der Waals surface area contributed by atoms with E-state index in [9.17, 15) is 18.4 Å². The Morgan fingerprint density at radius 1 is 0.800 bits per heavy atom. The molecule has 4 nitrogen and oxygen atoms in total. The molecule has 0 fully saturated rings. The molecule has 4 aromatic carbocycles. The molecule has 1 unspecified atom stereocenters. The SMILES string of the molecule is O=C1CN(C(=O)C(c2ccccc2)c2ccccc2)C(c2ccc(F)cc2)c2cc(F)ccc2N1. The number of benzene rings is 4. The van der Waals surface area contributed by atoms with Crippen LogP contribution in [-0.2, 0) is 9.59 Å². The van der Waals surface area contributed by atoms with Crippen molar-refractivity contribution < 1.29 is 18.4 Å². The van der Waals surface area contributed by atoms with E-state index >= 15 is 0 Å². The van der Waals surface area contributed by atoms with Crippen molar-refractivity contribution in [3.63, 3.8) is 0 Å². The fraction of sp³-hybridized carbons (Fsp3) is 0.103. The van der Waals surface area contributed by atoms with Crippen molar-refractivity contribution in [3.8, 4) is 0 Å². The molecule has 1 heterocycles. The molecule has 4 aromatic rings. The molecule has 0 radical (unpaired) electrons. The summed E-state index contributed by atoms with van der Waals surface area (Å²) in [7, 11) is 0. The third kappa shape index (κ3) is 4.55. The van der Waals surface area contributed by atoms with E-state index < -0.39 is 29.5 Å². The van der Waals surface area contributed by atoms with E-state index in [0.29, 0.717) is 16.8 Å². The summed E-state index contributed by atoms with van der Waals surface area (Å²) >= 11 is 0. The number of carbonyl (C=O) groups is 2. The van der Waals surface area contributed by atoms with E-state index in [0.717, 1.165) is 11.1 Å². The topological polar surface area (TPSA) is 49.4 Å². The lowest BCUT2D eigenvalue weighted by atomic mass is 9.88. The van der Waals surface area contributed by atoms with Crippen LogP contribution in [0.3, 0.4) is 0 Å². The lowest BCUT2D eigenvalue weighted by molar-refractivity contribution is -0.136. The standard InChI is InChI=1S/C29H22F2N2O2/c30-22-13-11-21(12-14-22)28-24-17-23(31)15-16-25(24)32-26(34)18-33(28)29(35)27(19-7-3-1-4-8-19)20-9-5-2-6-10-20/h1-17,27-28H,18H2,(H,32,34). The zero-order valence-electron chi connectivity index (χ0n) is 18.7. The van der Waals surface area contributed by atoms with Crippen molar-refractivity contribution in [1.82, 2.24) is 4.90 Å². The highest BCUT2D eigenvalue weighted by atomic mass is 19.1. The minimum atomic E-state index is -0.803. The van der Waals surface area contributed by atoms with E-state index in [-0.39, 0.29) is 12.5 Å². The first-order chi connectivity index (χ1) is 17.0. The monoisotopic (exact) mass is 468 g/mol. The van der Waals surface area contributed by atoms with Crippen LogP contribution in [-0.4, -0.2) is 23.3 Å². The molecule has 1 atom stereocenters. The van der Waals surface area contributed by atoms with Gasteiger partial charge in [0.1, 0.15) is 18.2 Å². The van der Waals surface area contributed by atoms with Crippen LogP contribution in [0.1, 0.15) is 34.2 Å². The number of amides is 2. The Kier molecular flexibility index (Phi) is 6.10. The first-order valence-electron chi connectivity index (χ1n) is 11.3. The van der Waals surface area contributed by atoms with Gasteiger partial charge < -0.3 is 10.2 Å². The molecule has 0 aromatic heterocycles. The van der Waals surface area contributed by atoms with Crippen molar-refractivity contribution in [2.75, 3.05) is 11.9 Å². The van der Waals surface area contributed by atoms with Gasteiger partial charge in [0.05, 0.1) is 12.0 Å². The average molecular weight is 469 g/mol. The molecular weight excluding hydrogens is 446 g/mol. The van der Waals surface area contributed by atoms with Crippen LogP contribution < -0.4 is 5.32 Å². The minimum Gasteiger partial charge on any atom is -0.324 e. The van der Waals surface area contributed by atoms with E-state index in [2.05, 4.69) is 5.32 Å². The van der Waals surface area contributed by atoms with Gasteiger partial charge in [-0.25, -0.2) is 8.78 Å². The molecule has 1 N–H and O–H groups in total. The Hall–Kier alpha value is -4.32. The van der Waals surface area contributed by atoms with Crippen molar-refractivity contribution in [1.29, 1.82) is 0 Å². The van der Waals surface area contributed by atoms with E-state index in [1.54, 1.807) is 12.1 Å². The molecule has 0 bridgehead atoms. The number of halogens is 2. The van der Waals surface area contributed by atoms with Gasteiger partial charge >= 0.3 is 0 Å². The molecule has 2 amide bonds. The predicted octanol–water partition coefficient (Wildman–Crippen LogP) is 5.67. The van der Waals surface area contributed by atoms with Crippen molar-refractivity contribution >= 4 is 17.5 Å². The van der Waals surface area contributed by atoms with Gasteiger partial charge in [0.2, 0.25) is 11.8 Å². The largest absolute Gasteiger partial charge is 0.324 e. The van der Waals surface area contributed by atoms with Crippen molar-refractivity contribution in [2.45, 2.75) is 12.0 Å². The van der Waals surface area contributed by atoms with Crippen LogP contribution in [0.2, 0.25) is 0 Å². The van der Waals surface area contributed by atoms with E-state index in [1.807, 2.05) is 60.7 Å². The third-order valence-corrected chi connectivity index (χ3v) is 6.19. The normalized spacial score (nSPS) is 15.3. The summed E-state index contributed by atoms with van der Waals surface area (Å²) in [5, 5.41) is 2.79. The summed E-state index contributed by atoms with van der Waals surface area (Å²) in [6.07, 6.45) is 0. The number of nitrogens with zero attached hydrogens (tertiary/aromatic N) is 1. The fourth-order valence-electron chi connectivity index (χ4n) is 4.62. The van der Waals surface area contributed by atoms with Gasteiger partial charge in [-0.2, -0.15) is 0 Å². The van der Waals surface area contributed by atoms with Gasteiger partial charge in [-0.15, -0.1) is 0 Å². The number of carbonyl (C=O) groups excluding carboxylic acids is 2. The van der Waals surface area contributed by atoms with Crippen LogP contribution >= 0.6 is 0 Å². The van der Waals surface area contributed by atoms with Gasteiger partial charge in [-0.1, -0.05) is 72.8 Å². The highest BCUT2D eigenvalue weighted by Crippen LogP contribution is 2.39. The Bertz CT molecular complexity index is 1320. The molecular formula is C29H22F2N2O2. The van der Waals surface area contributed by atoms with Crippen molar-refractivity contribution in [2.24, 2.45) is 0 Å². The number of nitrogens with one attached hydrogen (secondary N) is 1. The van der Waals surface area contributed by atoms with Gasteiger partial charge in [-0.05, 0) is 47.0 Å². The third-order valence-electron chi connectivity index (χ3n) is 6.19. The molecule has 0 spiro atoms.